The topological polar surface area (TPSA) is 53.1 Å². The average Bonchev–Trinajstić information content (AvgIpc) is 2.78. The van der Waals surface area contributed by atoms with Crippen LogP contribution in [0.25, 0.3) is 0 Å². The fourth-order valence-electron chi connectivity index (χ4n) is 2.78. The van der Waals surface area contributed by atoms with Gasteiger partial charge in [0.2, 0.25) is 0 Å². The number of hydrogen-bond acceptors (Lipinski definition) is 3. The Morgan fingerprint density at radius 3 is 2.53 bits per heavy atom. The molecule has 0 radical (unpaired) electrons. The fourth-order valence-corrected chi connectivity index (χ4v) is 2.78. The van der Waals surface area contributed by atoms with Gasteiger partial charge in [0.15, 0.2) is 0 Å². The first-order chi connectivity index (χ1) is 8.95. The second kappa shape index (κ2) is 5.63. The van der Waals surface area contributed by atoms with Crippen molar-refractivity contribution in [2.45, 2.75) is 51.6 Å². The molecule has 0 bridgehead atoms. The molecule has 0 aromatic carbocycles. The Hall–Kier alpha value is -0.870. The van der Waals surface area contributed by atoms with Crippen LogP contribution in [-0.2, 0) is 18.2 Å². The monoisotopic (exact) mass is 265 g/mol. The molecule has 1 heterocycles. The second-order valence-corrected chi connectivity index (χ2v) is 6.67. The molecule has 2 N–H and O–H groups in total. The normalized spacial score (nSPS) is 21.5. The predicted molar refractivity (Wildman–Crippen MR) is 76.9 cm³/mol. The number of ether oxygens (including phenoxy) is 1. The van der Waals surface area contributed by atoms with Crippen LogP contribution >= 0.6 is 0 Å². The number of aromatic nitrogens is 2. The van der Waals surface area contributed by atoms with E-state index < -0.39 is 0 Å². The van der Waals surface area contributed by atoms with Crippen LogP contribution in [0.5, 0.6) is 0 Å². The molecule has 0 spiro atoms. The molecule has 0 atom stereocenters. The standard InChI is InChI=1S/C15H27N3O/c1-14(2)5-7-15(12-16,8-6-14)19-9-4-13-10-17-18(3)11-13/h10-11H,4-9,12,16H2,1-3H3. The summed E-state index contributed by atoms with van der Waals surface area (Å²) in [5, 5.41) is 4.17. The zero-order chi connectivity index (χ0) is 13.9. The van der Waals surface area contributed by atoms with E-state index in [-0.39, 0.29) is 5.60 Å². The molecule has 1 fully saturated rings. The molecule has 19 heavy (non-hydrogen) atoms. The number of rotatable bonds is 5. The van der Waals surface area contributed by atoms with Crippen LogP contribution in [0.15, 0.2) is 12.4 Å². The molecule has 0 amide bonds. The molecule has 4 heteroatoms. The van der Waals surface area contributed by atoms with Crippen molar-refractivity contribution in [3.63, 3.8) is 0 Å². The highest BCUT2D eigenvalue weighted by molar-refractivity contribution is 5.03. The minimum absolute atomic E-state index is 0.0856. The van der Waals surface area contributed by atoms with E-state index in [1.54, 1.807) is 0 Å². The Kier molecular flexibility index (Phi) is 4.31. The third-order valence-electron chi connectivity index (χ3n) is 4.44. The molecule has 1 aromatic rings. The summed E-state index contributed by atoms with van der Waals surface area (Å²) in [6, 6.07) is 0. The van der Waals surface area contributed by atoms with Crippen LogP contribution < -0.4 is 5.73 Å². The first-order valence-electron chi connectivity index (χ1n) is 7.26. The van der Waals surface area contributed by atoms with Crippen molar-refractivity contribution in [1.82, 2.24) is 9.78 Å². The zero-order valence-electron chi connectivity index (χ0n) is 12.5. The first-order valence-corrected chi connectivity index (χ1v) is 7.26. The van der Waals surface area contributed by atoms with Crippen molar-refractivity contribution in [2.24, 2.45) is 18.2 Å². The Balaban J connectivity index is 1.83. The lowest BCUT2D eigenvalue weighted by Gasteiger charge is -2.42. The highest BCUT2D eigenvalue weighted by atomic mass is 16.5. The second-order valence-electron chi connectivity index (χ2n) is 6.67. The molecule has 1 aliphatic carbocycles. The van der Waals surface area contributed by atoms with Crippen molar-refractivity contribution in [2.75, 3.05) is 13.2 Å². The molecule has 108 valence electrons. The van der Waals surface area contributed by atoms with Crippen LogP contribution in [0.3, 0.4) is 0 Å². The fraction of sp³-hybridized carbons (Fsp3) is 0.800. The lowest BCUT2D eigenvalue weighted by molar-refractivity contribution is -0.0800. The quantitative estimate of drug-likeness (QED) is 0.888. The highest BCUT2D eigenvalue weighted by Gasteiger charge is 2.38. The van der Waals surface area contributed by atoms with Gasteiger partial charge in [-0.25, -0.2) is 0 Å². The maximum absolute atomic E-state index is 6.16. The lowest BCUT2D eigenvalue weighted by atomic mass is 9.71. The summed E-state index contributed by atoms with van der Waals surface area (Å²) in [6.45, 7) is 6.05. The van der Waals surface area contributed by atoms with Crippen molar-refractivity contribution < 1.29 is 4.74 Å². The molecular weight excluding hydrogens is 238 g/mol. The van der Waals surface area contributed by atoms with E-state index in [9.17, 15) is 0 Å². The summed E-state index contributed by atoms with van der Waals surface area (Å²) in [6.07, 6.45) is 9.45. The van der Waals surface area contributed by atoms with Crippen LogP contribution in [0.2, 0.25) is 0 Å². The van der Waals surface area contributed by atoms with Gasteiger partial charge in [0.1, 0.15) is 0 Å². The number of nitrogens with two attached hydrogens (primary N) is 1. The largest absolute Gasteiger partial charge is 0.373 e. The van der Waals surface area contributed by atoms with E-state index in [0.717, 1.165) is 25.9 Å². The van der Waals surface area contributed by atoms with Gasteiger partial charge in [-0.2, -0.15) is 5.10 Å². The van der Waals surface area contributed by atoms with Gasteiger partial charge in [0.25, 0.3) is 0 Å². The molecule has 0 unspecified atom stereocenters. The molecule has 4 nitrogen and oxygen atoms in total. The smallest absolute Gasteiger partial charge is 0.0804 e. The van der Waals surface area contributed by atoms with Gasteiger partial charge in [-0.05, 0) is 43.1 Å². The summed E-state index contributed by atoms with van der Waals surface area (Å²) in [4.78, 5) is 0. The van der Waals surface area contributed by atoms with E-state index in [1.165, 1.54) is 18.4 Å². The summed E-state index contributed by atoms with van der Waals surface area (Å²) in [5.41, 5.74) is 7.56. The molecule has 0 saturated heterocycles. The average molecular weight is 265 g/mol. The van der Waals surface area contributed by atoms with E-state index >= 15 is 0 Å². The van der Waals surface area contributed by atoms with Gasteiger partial charge < -0.3 is 10.5 Å². The van der Waals surface area contributed by atoms with Gasteiger partial charge in [0.05, 0.1) is 18.4 Å². The van der Waals surface area contributed by atoms with Crippen molar-refractivity contribution >= 4 is 0 Å². The molecular formula is C15H27N3O. The van der Waals surface area contributed by atoms with Gasteiger partial charge in [-0.3, -0.25) is 4.68 Å². The van der Waals surface area contributed by atoms with Crippen LogP contribution in [0.4, 0.5) is 0 Å². The summed E-state index contributed by atoms with van der Waals surface area (Å²) in [7, 11) is 1.94. The minimum Gasteiger partial charge on any atom is -0.373 e. The maximum atomic E-state index is 6.16. The van der Waals surface area contributed by atoms with Gasteiger partial charge >= 0.3 is 0 Å². The third kappa shape index (κ3) is 3.80. The van der Waals surface area contributed by atoms with E-state index in [4.69, 9.17) is 10.5 Å². The van der Waals surface area contributed by atoms with E-state index in [1.807, 2.05) is 24.1 Å². The van der Waals surface area contributed by atoms with Crippen LogP contribution in [-0.4, -0.2) is 28.5 Å². The van der Waals surface area contributed by atoms with Gasteiger partial charge in [-0.15, -0.1) is 0 Å². The Bertz CT molecular complexity index is 401. The Morgan fingerprint density at radius 1 is 1.32 bits per heavy atom. The molecule has 1 aromatic heterocycles. The summed E-state index contributed by atoms with van der Waals surface area (Å²) < 4.78 is 7.99. The molecule has 1 aliphatic rings. The summed E-state index contributed by atoms with van der Waals surface area (Å²) >= 11 is 0. The van der Waals surface area contributed by atoms with Crippen LogP contribution in [0, 0.1) is 5.41 Å². The predicted octanol–water partition coefficient (Wildman–Crippen LogP) is 2.28. The van der Waals surface area contributed by atoms with E-state index in [2.05, 4.69) is 18.9 Å². The first kappa shape index (κ1) is 14.5. The van der Waals surface area contributed by atoms with Gasteiger partial charge in [-0.1, -0.05) is 13.8 Å². The number of nitrogens with zero attached hydrogens (tertiary/aromatic N) is 2. The maximum Gasteiger partial charge on any atom is 0.0804 e. The molecule has 0 aliphatic heterocycles. The highest BCUT2D eigenvalue weighted by Crippen LogP contribution is 2.41. The number of aryl methyl sites for hydroxylation is 1. The van der Waals surface area contributed by atoms with Crippen molar-refractivity contribution in [1.29, 1.82) is 0 Å². The van der Waals surface area contributed by atoms with Crippen molar-refractivity contribution in [3.8, 4) is 0 Å². The van der Waals surface area contributed by atoms with Crippen molar-refractivity contribution in [3.05, 3.63) is 18.0 Å². The SMILES string of the molecule is Cn1cc(CCOC2(CN)CCC(C)(C)CC2)cn1. The molecule has 1 saturated carbocycles. The third-order valence-corrected chi connectivity index (χ3v) is 4.44. The summed E-state index contributed by atoms with van der Waals surface area (Å²) in [5.74, 6) is 0. The Morgan fingerprint density at radius 2 is 2.00 bits per heavy atom. The van der Waals surface area contributed by atoms with Gasteiger partial charge in [0, 0.05) is 19.8 Å². The van der Waals surface area contributed by atoms with Crippen LogP contribution in [0.1, 0.15) is 45.1 Å². The van der Waals surface area contributed by atoms with E-state index in [0.29, 0.717) is 12.0 Å². The molecule has 2 rings (SSSR count). The lowest BCUT2D eigenvalue weighted by Crippen LogP contribution is -2.45. The zero-order valence-corrected chi connectivity index (χ0v) is 12.5. The Labute approximate surface area is 116 Å². The number of hydrogen-bond donors (Lipinski definition) is 1. The minimum atomic E-state index is -0.0856.